The van der Waals surface area contributed by atoms with Gasteiger partial charge in [0.15, 0.2) is 0 Å². The molecular weight excluding hydrogens is 280 g/mol. The molecule has 0 bridgehead atoms. The first-order valence-corrected chi connectivity index (χ1v) is 6.67. The quantitative estimate of drug-likeness (QED) is 0.655. The van der Waals surface area contributed by atoms with Crippen molar-refractivity contribution < 1.29 is 4.92 Å². The van der Waals surface area contributed by atoms with Gasteiger partial charge in [-0.25, -0.2) is 0 Å². The van der Waals surface area contributed by atoms with Gasteiger partial charge in [-0.05, 0) is 18.1 Å². The molecular formula is C13H15ClN4O2. The van der Waals surface area contributed by atoms with Crippen LogP contribution in [0.15, 0.2) is 30.6 Å². The number of nitro benzene ring substituents is 1. The lowest BCUT2D eigenvalue weighted by Gasteiger charge is -2.08. The Morgan fingerprint density at radius 3 is 2.90 bits per heavy atom. The molecule has 1 heterocycles. The molecule has 0 aliphatic carbocycles. The van der Waals surface area contributed by atoms with Gasteiger partial charge in [0.1, 0.15) is 5.69 Å². The highest BCUT2D eigenvalue weighted by Gasteiger charge is 2.14. The molecule has 0 radical (unpaired) electrons. The van der Waals surface area contributed by atoms with Gasteiger partial charge in [0, 0.05) is 18.8 Å². The number of nitrogens with zero attached hydrogens (tertiary/aromatic N) is 3. The molecule has 0 fully saturated rings. The molecule has 6 nitrogen and oxygen atoms in total. The minimum absolute atomic E-state index is 0.0780. The summed E-state index contributed by atoms with van der Waals surface area (Å²) < 4.78 is 1.64. The Bertz CT molecular complexity index is 612. The third kappa shape index (κ3) is 3.48. The van der Waals surface area contributed by atoms with Crippen molar-refractivity contribution in [3.63, 3.8) is 0 Å². The fraction of sp³-hybridized carbons (Fsp3) is 0.308. The van der Waals surface area contributed by atoms with Gasteiger partial charge in [-0.15, -0.1) is 0 Å². The van der Waals surface area contributed by atoms with E-state index in [1.807, 2.05) is 13.0 Å². The van der Waals surface area contributed by atoms with Crippen molar-refractivity contribution in [2.24, 2.45) is 0 Å². The number of benzene rings is 1. The van der Waals surface area contributed by atoms with Crippen LogP contribution in [0.1, 0.15) is 18.9 Å². The van der Waals surface area contributed by atoms with Crippen molar-refractivity contribution in [3.05, 3.63) is 51.3 Å². The summed E-state index contributed by atoms with van der Waals surface area (Å²) in [5.74, 6) is 0. The van der Waals surface area contributed by atoms with Crippen molar-refractivity contribution >= 4 is 23.0 Å². The van der Waals surface area contributed by atoms with E-state index in [1.54, 1.807) is 23.0 Å². The molecule has 0 saturated heterocycles. The maximum atomic E-state index is 11.1. The maximum absolute atomic E-state index is 11.1. The summed E-state index contributed by atoms with van der Waals surface area (Å²) in [4.78, 5) is 10.7. The highest BCUT2D eigenvalue weighted by Crippen LogP contribution is 2.26. The van der Waals surface area contributed by atoms with Gasteiger partial charge in [-0.1, -0.05) is 24.6 Å². The Balaban J connectivity index is 2.22. The minimum atomic E-state index is -0.377. The van der Waals surface area contributed by atoms with Crippen molar-refractivity contribution in [3.8, 4) is 0 Å². The molecule has 7 heteroatoms. The Kier molecular flexibility index (Phi) is 4.57. The second-order valence-electron chi connectivity index (χ2n) is 4.39. The lowest BCUT2D eigenvalue weighted by Crippen LogP contribution is -2.05. The van der Waals surface area contributed by atoms with Crippen LogP contribution in [0.2, 0.25) is 5.02 Å². The number of aromatic nitrogens is 2. The Labute approximate surface area is 121 Å². The molecule has 0 atom stereocenters. The first kappa shape index (κ1) is 14.3. The van der Waals surface area contributed by atoms with E-state index in [2.05, 4.69) is 10.4 Å². The second-order valence-corrected chi connectivity index (χ2v) is 4.83. The molecule has 1 aromatic heterocycles. The van der Waals surface area contributed by atoms with E-state index in [1.165, 1.54) is 6.20 Å². The largest absolute Gasteiger partial charge is 0.380 e. The zero-order valence-electron chi connectivity index (χ0n) is 11.0. The zero-order valence-corrected chi connectivity index (χ0v) is 11.8. The van der Waals surface area contributed by atoms with Crippen LogP contribution in [0.5, 0.6) is 0 Å². The van der Waals surface area contributed by atoms with Gasteiger partial charge < -0.3 is 5.32 Å². The first-order valence-electron chi connectivity index (χ1n) is 6.29. The van der Waals surface area contributed by atoms with Crippen molar-refractivity contribution in [1.82, 2.24) is 9.78 Å². The van der Waals surface area contributed by atoms with E-state index in [0.717, 1.165) is 12.0 Å². The van der Waals surface area contributed by atoms with Gasteiger partial charge >= 0.3 is 0 Å². The van der Waals surface area contributed by atoms with E-state index >= 15 is 0 Å². The van der Waals surface area contributed by atoms with Gasteiger partial charge in [0.05, 0.1) is 22.7 Å². The molecule has 20 heavy (non-hydrogen) atoms. The summed E-state index contributed by atoms with van der Waals surface area (Å²) in [5.41, 5.74) is 1.42. The van der Waals surface area contributed by atoms with Gasteiger partial charge in [-0.3, -0.25) is 14.8 Å². The fourth-order valence-corrected chi connectivity index (χ4v) is 2.00. The standard InChI is InChI=1S/C13H15ClN4O2/c1-2-5-15-12-4-3-10(6-13(12)18(19)20)8-17-9-11(14)7-16-17/h3-4,6-7,9,15H,2,5,8H2,1H3. The van der Waals surface area contributed by atoms with Gasteiger partial charge in [-0.2, -0.15) is 5.10 Å². The summed E-state index contributed by atoms with van der Waals surface area (Å²) in [6.45, 7) is 3.16. The molecule has 0 saturated carbocycles. The van der Waals surface area contributed by atoms with Gasteiger partial charge in [0.25, 0.3) is 5.69 Å². The number of anilines is 1. The number of hydrogen-bond donors (Lipinski definition) is 1. The van der Waals surface area contributed by atoms with E-state index in [9.17, 15) is 10.1 Å². The summed E-state index contributed by atoms with van der Waals surface area (Å²) >= 11 is 5.79. The molecule has 0 spiro atoms. The number of nitrogens with one attached hydrogen (secondary N) is 1. The molecule has 0 amide bonds. The summed E-state index contributed by atoms with van der Waals surface area (Å²) in [6.07, 6.45) is 4.12. The first-order chi connectivity index (χ1) is 9.60. The monoisotopic (exact) mass is 294 g/mol. The van der Waals surface area contributed by atoms with Crippen LogP contribution >= 0.6 is 11.6 Å². The molecule has 2 aromatic rings. The highest BCUT2D eigenvalue weighted by molar-refractivity contribution is 6.30. The lowest BCUT2D eigenvalue weighted by atomic mass is 10.1. The van der Waals surface area contributed by atoms with Crippen molar-refractivity contribution in [2.75, 3.05) is 11.9 Å². The fourth-order valence-electron chi connectivity index (χ4n) is 1.85. The molecule has 2 rings (SSSR count). The van der Waals surface area contributed by atoms with E-state index in [4.69, 9.17) is 11.6 Å². The molecule has 0 aliphatic rings. The minimum Gasteiger partial charge on any atom is -0.380 e. The van der Waals surface area contributed by atoms with E-state index < -0.39 is 0 Å². The molecule has 0 unspecified atom stereocenters. The van der Waals surface area contributed by atoms with Crippen LogP contribution in [0.3, 0.4) is 0 Å². The zero-order chi connectivity index (χ0) is 14.5. The van der Waals surface area contributed by atoms with Crippen LogP contribution in [-0.4, -0.2) is 21.2 Å². The molecule has 1 aromatic carbocycles. The summed E-state index contributed by atoms with van der Waals surface area (Å²) in [5, 5.41) is 18.8. The van der Waals surface area contributed by atoms with Crippen molar-refractivity contribution in [2.45, 2.75) is 19.9 Å². The lowest BCUT2D eigenvalue weighted by molar-refractivity contribution is -0.384. The molecule has 0 aliphatic heterocycles. The van der Waals surface area contributed by atoms with E-state index in [-0.39, 0.29) is 10.6 Å². The third-order valence-electron chi connectivity index (χ3n) is 2.77. The SMILES string of the molecule is CCCNc1ccc(Cn2cc(Cl)cn2)cc1[N+](=O)[O-]. The predicted molar refractivity (Wildman–Crippen MR) is 78.2 cm³/mol. The smallest absolute Gasteiger partial charge is 0.292 e. The predicted octanol–water partition coefficient (Wildman–Crippen LogP) is 3.31. The average molecular weight is 295 g/mol. The Morgan fingerprint density at radius 1 is 1.50 bits per heavy atom. The number of halogens is 1. The average Bonchev–Trinajstić information content (AvgIpc) is 2.82. The van der Waals surface area contributed by atoms with Crippen LogP contribution in [0, 0.1) is 10.1 Å². The molecule has 1 N–H and O–H groups in total. The molecule has 106 valence electrons. The Morgan fingerprint density at radius 2 is 2.30 bits per heavy atom. The number of hydrogen-bond acceptors (Lipinski definition) is 4. The number of nitro groups is 1. The maximum Gasteiger partial charge on any atom is 0.292 e. The van der Waals surface area contributed by atoms with Crippen LogP contribution in [0.25, 0.3) is 0 Å². The van der Waals surface area contributed by atoms with Crippen molar-refractivity contribution in [1.29, 1.82) is 0 Å². The van der Waals surface area contributed by atoms with Gasteiger partial charge in [0.2, 0.25) is 0 Å². The highest BCUT2D eigenvalue weighted by atomic mass is 35.5. The normalized spacial score (nSPS) is 10.5. The number of rotatable bonds is 6. The van der Waals surface area contributed by atoms with Crippen LogP contribution in [0.4, 0.5) is 11.4 Å². The Hall–Kier alpha value is -2.08. The summed E-state index contributed by atoms with van der Waals surface area (Å²) in [6, 6.07) is 5.14. The van der Waals surface area contributed by atoms with E-state index in [0.29, 0.717) is 23.8 Å². The topological polar surface area (TPSA) is 73.0 Å². The van der Waals surface area contributed by atoms with Crippen LogP contribution in [-0.2, 0) is 6.54 Å². The van der Waals surface area contributed by atoms with Crippen LogP contribution < -0.4 is 5.32 Å². The second kappa shape index (κ2) is 6.38. The summed E-state index contributed by atoms with van der Waals surface area (Å²) in [7, 11) is 0. The third-order valence-corrected chi connectivity index (χ3v) is 2.97.